The largest absolute Gasteiger partial charge is 0.416 e. The van der Waals surface area contributed by atoms with Crippen LogP contribution in [-0.2, 0) is 25.1 Å². The molecule has 2 aliphatic heterocycles. The molecule has 0 saturated carbocycles. The molecule has 1 fully saturated rings. The van der Waals surface area contributed by atoms with Crippen LogP contribution in [0.2, 0.25) is 0 Å². The summed E-state index contributed by atoms with van der Waals surface area (Å²) >= 11 is 0. The number of ketones is 1. The van der Waals surface area contributed by atoms with Crippen LogP contribution in [0.25, 0.3) is 0 Å². The molecule has 0 spiro atoms. The number of rotatable bonds is 3. The second kappa shape index (κ2) is 5.63. The fourth-order valence-electron chi connectivity index (χ4n) is 3.26. The van der Waals surface area contributed by atoms with Crippen LogP contribution in [0.4, 0.5) is 18.9 Å². The summed E-state index contributed by atoms with van der Waals surface area (Å²) in [5.41, 5.74) is -3.37. The molecule has 136 valence electrons. The first-order valence-electron chi connectivity index (χ1n) is 7.23. The summed E-state index contributed by atoms with van der Waals surface area (Å²) in [4.78, 5) is 44.1. The number of benzene rings is 1. The summed E-state index contributed by atoms with van der Waals surface area (Å²) in [6, 6.07) is 0.982. The van der Waals surface area contributed by atoms with Crippen molar-refractivity contribution in [3.63, 3.8) is 0 Å². The highest BCUT2D eigenvalue weighted by Gasteiger charge is 2.61. The van der Waals surface area contributed by atoms with E-state index in [0.717, 1.165) is 11.0 Å². The van der Waals surface area contributed by atoms with Gasteiger partial charge in [0, 0.05) is 12.3 Å². The van der Waals surface area contributed by atoms with Gasteiger partial charge >= 0.3 is 13.8 Å². The Hall–Kier alpha value is -1.74. The Morgan fingerprint density at radius 1 is 1.28 bits per heavy atom. The lowest BCUT2D eigenvalue weighted by atomic mass is 9.83. The number of halogens is 3. The number of carbonyl (C=O) groups excluding carboxylic acids is 2. The average molecular weight is 379 g/mol. The highest BCUT2D eigenvalue weighted by atomic mass is 31.2. The van der Waals surface area contributed by atoms with Crippen LogP contribution >= 0.6 is 7.60 Å². The summed E-state index contributed by atoms with van der Waals surface area (Å²) in [7, 11) is -4.99. The molecule has 1 aromatic rings. The second-order valence-electron chi connectivity index (χ2n) is 5.71. The van der Waals surface area contributed by atoms with E-state index in [0.29, 0.717) is 12.1 Å². The third-order valence-corrected chi connectivity index (χ3v) is 5.55. The Morgan fingerprint density at radius 3 is 2.44 bits per heavy atom. The topological polar surface area (TPSA) is 104 Å². The fraction of sp³-hybridized carbons (Fsp3) is 0.429. The van der Waals surface area contributed by atoms with Crippen molar-refractivity contribution < 1.29 is 41.8 Å². The maximum atomic E-state index is 13.0. The van der Waals surface area contributed by atoms with E-state index in [-0.39, 0.29) is 17.9 Å². The van der Waals surface area contributed by atoms with Crippen molar-refractivity contribution in [1.82, 2.24) is 0 Å². The minimum atomic E-state index is -4.99. The number of Topliss-reactive ketones (excluding diaryl/α,β-unsaturated/α-hetero) is 1. The molecule has 1 saturated heterocycles. The predicted molar refractivity (Wildman–Crippen MR) is 77.9 cm³/mol. The summed E-state index contributed by atoms with van der Waals surface area (Å²) < 4.78 is 56.2. The molecular formula is C14H13F3NO6P. The van der Waals surface area contributed by atoms with Gasteiger partial charge in [-0.3, -0.25) is 19.1 Å². The highest BCUT2D eigenvalue weighted by molar-refractivity contribution is 7.52. The summed E-state index contributed by atoms with van der Waals surface area (Å²) in [5.74, 6) is -1.83. The number of carbonyl (C=O) groups is 2. The molecule has 3 atom stereocenters. The van der Waals surface area contributed by atoms with E-state index in [9.17, 15) is 37.1 Å². The maximum Gasteiger partial charge on any atom is 0.416 e. The van der Waals surface area contributed by atoms with E-state index >= 15 is 0 Å². The van der Waals surface area contributed by atoms with Crippen LogP contribution in [0.3, 0.4) is 0 Å². The standard InChI is InChI=1S/C14H13F3NO6P/c1-2-24-11-9-10(19)13(20)18(9)8-4-3-6(14(15,16)17)5-7(8)12(11)25(21,22)23/h3-5,9,11-12H,2H2,1H3,(H2,21,22,23). The molecule has 2 N–H and O–H groups in total. The quantitative estimate of drug-likeness (QED) is 0.470. The van der Waals surface area contributed by atoms with Gasteiger partial charge in [0.2, 0.25) is 5.78 Å². The van der Waals surface area contributed by atoms with E-state index in [2.05, 4.69) is 0 Å². The van der Waals surface area contributed by atoms with Gasteiger partial charge in [0.05, 0.1) is 5.56 Å². The van der Waals surface area contributed by atoms with Crippen molar-refractivity contribution in [3.05, 3.63) is 29.3 Å². The van der Waals surface area contributed by atoms with Crippen molar-refractivity contribution in [2.75, 3.05) is 11.5 Å². The Balaban J connectivity index is 2.24. The molecule has 3 unspecified atom stereocenters. The lowest BCUT2D eigenvalue weighted by Gasteiger charge is -2.50. The zero-order chi connectivity index (χ0) is 18.7. The van der Waals surface area contributed by atoms with Crippen molar-refractivity contribution in [3.8, 4) is 0 Å². The second-order valence-corrected chi connectivity index (χ2v) is 7.44. The monoisotopic (exact) mass is 379 g/mol. The van der Waals surface area contributed by atoms with Crippen molar-refractivity contribution in [2.45, 2.75) is 30.9 Å². The minimum absolute atomic E-state index is 0.0404. The molecular weight excluding hydrogens is 366 g/mol. The Morgan fingerprint density at radius 2 is 1.92 bits per heavy atom. The maximum absolute atomic E-state index is 13.0. The van der Waals surface area contributed by atoms with Crippen LogP contribution in [0.15, 0.2) is 18.2 Å². The smallest absolute Gasteiger partial charge is 0.375 e. The normalized spacial score (nSPS) is 26.2. The Labute approximate surface area is 139 Å². The van der Waals surface area contributed by atoms with Crippen molar-refractivity contribution in [2.24, 2.45) is 0 Å². The predicted octanol–water partition coefficient (Wildman–Crippen LogP) is 1.63. The van der Waals surface area contributed by atoms with Gasteiger partial charge < -0.3 is 14.5 Å². The van der Waals surface area contributed by atoms with Gasteiger partial charge in [0.25, 0.3) is 5.91 Å². The SMILES string of the molecule is CCOC1C2C(=O)C(=O)N2c2ccc(C(F)(F)F)cc2C1P(=O)(O)O. The van der Waals surface area contributed by atoms with E-state index in [1.807, 2.05) is 0 Å². The molecule has 25 heavy (non-hydrogen) atoms. The highest BCUT2D eigenvalue weighted by Crippen LogP contribution is 2.61. The number of anilines is 1. The first-order chi connectivity index (χ1) is 11.5. The van der Waals surface area contributed by atoms with Crippen LogP contribution in [0, 0.1) is 0 Å². The molecule has 3 rings (SSSR count). The first-order valence-corrected chi connectivity index (χ1v) is 8.92. The van der Waals surface area contributed by atoms with Gasteiger partial charge in [-0.15, -0.1) is 0 Å². The first kappa shape index (κ1) is 18.1. The summed E-state index contributed by atoms with van der Waals surface area (Å²) in [5, 5.41) is 0. The Kier molecular flexibility index (Phi) is 4.07. The number of β-lactam (4-membered cyclic amide) rings is 1. The number of ether oxygens (including phenoxy) is 1. The van der Waals surface area contributed by atoms with E-state index in [1.165, 1.54) is 6.92 Å². The van der Waals surface area contributed by atoms with E-state index < -0.39 is 48.8 Å². The lowest BCUT2D eigenvalue weighted by molar-refractivity contribution is -0.148. The van der Waals surface area contributed by atoms with E-state index in [4.69, 9.17) is 4.74 Å². The molecule has 1 amide bonds. The van der Waals surface area contributed by atoms with Gasteiger partial charge in [-0.05, 0) is 30.7 Å². The van der Waals surface area contributed by atoms with Crippen LogP contribution in [-0.4, -0.2) is 40.2 Å². The van der Waals surface area contributed by atoms with Gasteiger partial charge in [-0.25, -0.2) is 0 Å². The molecule has 0 radical (unpaired) electrons. The van der Waals surface area contributed by atoms with Crippen LogP contribution in [0.1, 0.15) is 23.7 Å². The van der Waals surface area contributed by atoms with Crippen LogP contribution in [0.5, 0.6) is 0 Å². The fourth-order valence-corrected chi connectivity index (χ4v) is 4.46. The van der Waals surface area contributed by atoms with Gasteiger partial charge in [-0.2, -0.15) is 13.2 Å². The molecule has 11 heteroatoms. The zero-order valence-electron chi connectivity index (χ0n) is 12.7. The molecule has 2 heterocycles. The van der Waals surface area contributed by atoms with Gasteiger partial charge in [0.1, 0.15) is 17.8 Å². The summed E-state index contributed by atoms with van der Waals surface area (Å²) in [6.07, 6.45) is -6.16. The van der Waals surface area contributed by atoms with Gasteiger partial charge in [-0.1, -0.05) is 0 Å². The van der Waals surface area contributed by atoms with Crippen molar-refractivity contribution in [1.29, 1.82) is 0 Å². The van der Waals surface area contributed by atoms with Crippen molar-refractivity contribution >= 4 is 25.0 Å². The number of hydrogen-bond donors (Lipinski definition) is 2. The zero-order valence-corrected chi connectivity index (χ0v) is 13.6. The number of nitrogens with zero attached hydrogens (tertiary/aromatic N) is 1. The summed E-state index contributed by atoms with van der Waals surface area (Å²) in [6.45, 7) is 1.47. The molecule has 7 nitrogen and oxygen atoms in total. The number of fused-ring (bicyclic) bond motifs is 3. The third kappa shape index (κ3) is 2.69. The van der Waals surface area contributed by atoms with E-state index in [1.54, 1.807) is 0 Å². The van der Waals surface area contributed by atoms with Gasteiger partial charge in [0.15, 0.2) is 0 Å². The molecule has 0 aromatic heterocycles. The number of hydrogen-bond acceptors (Lipinski definition) is 4. The average Bonchev–Trinajstić information content (AvgIpc) is 2.50. The third-order valence-electron chi connectivity index (χ3n) is 4.25. The number of alkyl halides is 3. The molecule has 1 aromatic carbocycles. The molecule has 0 bridgehead atoms. The molecule has 0 aliphatic carbocycles. The Bertz CT molecular complexity index is 804. The molecule has 2 aliphatic rings. The lowest BCUT2D eigenvalue weighted by Crippen LogP contribution is -2.70. The number of amides is 1. The minimum Gasteiger partial charge on any atom is -0.375 e. The van der Waals surface area contributed by atoms with Crippen LogP contribution < -0.4 is 4.90 Å².